The van der Waals surface area contributed by atoms with E-state index in [2.05, 4.69) is 10.2 Å². The second-order valence-electron chi connectivity index (χ2n) is 5.74. The molecular formula is C16H25N3O2. The lowest BCUT2D eigenvalue weighted by Gasteiger charge is -2.38. The lowest BCUT2D eigenvalue weighted by Crippen LogP contribution is -2.52. The predicted octanol–water partition coefficient (Wildman–Crippen LogP) is 1.58. The summed E-state index contributed by atoms with van der Waals surface area (Å²) in [4.78, 5) is 14.6. The van der Waals surface area contributed by atoms with E-state index < -0.39 is 0 Å². The molecule has 1 amide bonds. The standard InChI is InChI=1S/C16H25N3O2/c1-11-9-19(10-12(2)21-11)13(3)16(20)18-15-7-5-4-6-14(15)8-17/h4-7,11-13H,8-10,17H2,1-3H3,(H,18,20). The number of nitrogens with two attached hydrogens (primary N) is 1. The van der Waals surface area contributed by atoms with E-state index in [1.807, 2.05) is 45.0 Å². The molecule has 1 heterocycles. The summed E-state index contributed by atoms with van der Waals surface area (Å²) < 4.78 is 5.71. The number of carbonyl (C=O) groups is 1. The van der Waals surface area contributed by atoms with Gasteiger partial charge in [-0.2, -0.15) is 0 Å². The first-order valence-electron chi connectivity index (χ1n) is 7.49. The number of nitrogens with zero attached hydrogens (tertiary/aromatic N) is 1. The Labute approximate surface area is 126 Å². The number of nitrogens with one attached hydrogen (secondary N) is 1. The highest BCUT2D eigenvalue weighted by Crippen LogP contribution is 2.17. The first-order chi connectivity index (χ1) is 10.0. The maximum atomic E-state index is 12.5. The zero-order valence-electron chi connectivity index (χ0n) is 13.0. The molecule has 0 saturated carbocycles. The second kappa shape index (κ2) is 7.02. The summed E-state index contributed by atoms with van der Waals surface area (Å²) in [5, 5.41) is 2.99. The van der Waals surface area contributed by atoms with E-state index in [9.17, 15) is 4.79 Å². The average molecular weight is 291 g/mol. The molecule has 0 aromatic heterocycles. The number of rotatable bonds is 4. The van der Waals surface area contributed by atoms with Crippen molar-refractivity contribution in [2.24, 2.45) is 5.73 Å². The van der Waals surface area contributed by atoms with E-state index in [1.165, 1.54) is 0 Å². The highest BCUT2D eigenvalue weighted by molar-refractivity contribution is 5.95. The van der Waals surface area contributed by atoms with Crippen LogP contribution in [0.4, 0.5) is 5.69 Å². The van der Waals surface area contributed by atoms with Gasteiger partial charge in [-0.05, 0) is 32.4 Å². The summed E-state index contributed by atoms with van der Waals surface area (Å²) in [7, 11) is 0. The van der Waals surface area contributed by atoms with Gasteiger partial charge in [-0.15, -0.1) is 0 Å². The number of amides is 1. The van der Waals surface area contributed by atoms with E-state index in [4.69, 9.17) is 10.5 Å². The maximum Gasteiger partial charge on any atom is 0.241 e. The molecule has 5 nitrogen and oxygen atoms in total. The molecule has 1 fully saturated rings. The molecule has 5 heteroatoms. The SMILES string of the molecule is CC1CN(C(C)C(=O)Nc2ccccc2CN)CC(C)O1. The van der Waals surface area contributed by atoms with Gasteiger partial charge < -0.3 is 15.8 Å². The van der Waals surface area contributed by atoms with Crippen LogP contribution in [0.5, 0.6) is 0 Å². The largest absolute Gasteiger partial charge is 0.373 e. The molecule has 0 bridgehead atoms. The minimum Gasteiger partial charge on any atom is -0.373 e. The highest BCUT2D eigenvalue weighted by atomic mass is 16.5. The summed E-state index contributed by atoms with van der Waals surface area (Å²) in [6.07, 6.45) is 0.306. The van der Waals surface area contributed by atoms with Crippen molar-refractivity contribution in [3.63, 3.8) is 0 Å². The Morgan fingerprint density at radius 3 is 2.62 bits per heavy atom. The molecule has 0 aliphatic carbocycles. The van der Waals surface area contributed by atoms with E-state index >= 15 is 0 Å². The van der Waals surface area contributed by atoms with Crippen LogP contribution in [0.1, 0.15) is 26.3 Å². The minimum absolute atomic E-state index is 0.00259. The minimum atomic E-state index is -0.190. The van der Waals surface area contributed by atoms with E-state index in [0.29, 0.717) is 6.54 Å². The van der Waals surface area contributed by atoms with Crippen molar-refractivity contribution in [2.75, 3.05) is 18.4 Å². The summed E-state index contributed by atoms with van der Waals surface area (Å²) in [5.41, 5.74) is 7.45. The van der Waals surface area contributed by atoms with Gasteiger partial charge >= 0.3 is 0 Å². The molecule has 1 aromatic carbocycles. The van der Waals surface area contributed by atoms with Gasteiger partial charge in [-0.1, -0.05) is 18.2 Å². The summed E-state index contributed by atoms with van der Waals surface area (Å²) in [5.74, 6) is -0.00259. The Hall–Kier alpha value is -1.43. The predicted molar refractivity (Wildman–Crippen MR) is 84.0 cm³/mol. The van der Waals surface area contributed by atoms with Crippen LogP contribution < -0.4 is 11.1 Å². The maximum absolute atomic E-state index is 12.5. The summed E-state index contributed by atoms with van der Waals surface area (Å²) >= 11 is 0. The molecule has 21 heavy (non-hydrogen) atoms. The van der Waals surface area contributed by atoms with Crippen molar-refractivity contribution >= 4 is 11.6 Å². The fraction of sp³-hybridized carbons (Fsp3) is 0.562. The van der Waals surface area contributed by atoms with Crippen molar-refractivity contribution in [3.05, 3.63) is 29.8 Å². The number of anilines is 1. The lowest BCUT2D eigenvalue weighted by atomic mass is 10.1. The number of carbonyl (C=O) groups excluding carboxylic acids is 1. The zero-order chi connectivity index (χ0) is 15.4. The Balaban J connectivity index is 2.02. The fourth-order valence-electron chi connectivity index (χ4n) is 2.76. The molecule has 3 unspecified atom stereocenters. The quantitative estimate of drug-likeness (QED) is 0.884. The van der Waals surface area contributed by atoms with Gasteiger partial charge in [0, 0.05) is 25.3 Å². The van der Waals surface area contributed by atoms with Crippen LogP contribution in [-0.2, 0) is 16.1 Å². The summed E-state index contributed by atoms with van der Waals surface area (Å²) in [6, 6.07) is 7.45. The molecule has 0 spiro atoms. The van der Waals surface area contributed by atoms with Gasteiger partial charge in [0.05, 0.1) is 18.2 Å². The number of hydrogen-bond acceptors (Lipinski definition) is 4. The smallest absolute Gasteiger partial charge is 0.241 e. The normalized spacial score (nSPS) is 24.6. The van der Waals surface area contributed by atoms with Crippen molar-refractivity contribution in [1.82, 2.24) is 4.90 Å². The number of benzene rings is 1. The van der Waals surface area contributed by atoms with Crippen molar-refractivity contribution in [3.8, 4) is 0 Å². The van der Waals surface area contributed by atoms with Crippen LogP contribution in [0, 0.1) is 0 Å². The van der Waals surface area contributed by atoms with Crippen LogP contribution in [0.3, 0.4) is 0 Å². The third kappa shape index (κ3) is 4.03. The third-order valence-corrected chi connectivity index (χ3v) is 3.87. The molecule has 3 atom stereocenters. The van der Waals surface area contributed by atoms with Crippen LogP contribution >= 0.6 is 0 Å². The van der Waals surface area contributed by atoms with Crippen molar-refractivity contribution in [1.29, 1.82) is 0 Å². The van der Waals surface area contributed by atoms with E-state index in [1.54, 1.807) is 0 Å². The van der Waals surface area contributed by atoms with Gasteiger partial charge in [0.15, 0.2) is 0 Å². The molecule has 3 N–H and O–H groups in total. The van der Waals surface area contributed by atoms with E-state index in [0.717, 1.165) is 24.3 Å². The van der Waals surface area contributed by atoms with Gasteiger partial charge in [0.2, 0.25) is 5.91 Å². The molecule has 1 aliphatic rings. The van der Waals surface area contributed by atoms with Crippen molar-refractivity contribution in [2.45, 2.75) is 45.6 Å². The zero-order valence-corrected chi connectivity index (χ0v) is 13.0. The summed E-state index contributed by atoms with van der Waals surface area (Å²) in [6.45, 7) is 7.98. The average Bonchev–Trinajstić information content (AvgIpc) is 2.46. The van der Waals surface area contributed by atoms with Crippen LogP contribution in [-0.4, -0.2) is 42.1 Å². The third-order valence-electron chi connectivity index (χ3n) is 3.87. The molecule has 116 valence electrons. The second-order valence-corrected chi connectivity index (χ2v) is 5.74. The van der Waals surface area contributed by atoms with Gasteiger partial charge in [-0.3, -0.25) is 9.69 Å². The van der Waals surface area contributed by atoms with Gasteiger partial charge in [0.1, 0.15) is 0 Å². The number of para-hydroxylation sites is 1. The van der Waals surface area contributed by atoms with Gasteiger partial charge in [-0.25, -0.2) is 0 Å². The highest BCUT2D eigenvalue weighted by Gasteiger charge is 2.29. The Morgan fingerprint density at radius 2 is 2.00 bits per heavy atom. The van der Waals surface area contributed by atoms with Crippen LogP contribution in [0.25, 0.3) is 0 Å². The monoisotopic (exact) mass is 291 g/mol. The van der Waals surface area contributed by atoms with Gasteiger partial charge in [0.25, 0.3) is 0 Å². The van der Waals surface area contributed by atoms with Crippen LogP contribution in [0.15, 0.2) is 24.3 Å². The van der Waals surface area contributed by atoms with Crippen molar-refractivity contribution < 1.29 is 9.53 Å². The number of morpholine rings is 1. The molecule has 1 saturated heterocycles. The first kappa shape index (κ1) is 15.9. The number of hydrogen-bond donors (Lipinski definition) is 2. The molecule has 0 radical (unpaired) electrons. The molecule has 2 rings (SSSR count). The van der Waals surface area contributed by atoms with E-state index in [-0.39, 0.29) is 24.2 Å². The number of ether oxygens (including phenoxy) is 1. The topological polar surface area (TPSA) is 67.6 Å². The molecule has 1 aliphatic heterocycles. The Kier molecular flexibility index (Phi) is 5.33. The fourth-order valence-corrected chi connectivity index (χ4v) is 2.76. The molecular weight excluding hydrogens is 266 g/mol. The Morgan fingerprint density at radius 1 is 1.38 bits per heavy atom. The Bertz CT molecular complexity index is 482. The first-order valence-corrected chi connectivity index (χ1v) is 7.49. The lowest BCUT2D eigenvalue weighted by molar-refractivity contribution is -0.126. The van der Waals surface area contributed by atoms with Crippen LogP contribution in [0.2, 0.25) is 0 Å². The molecule has 1 aromatic rings.